The first-order chi connectivity index (χ1) is 17.2. The molecular weight excluding hydrogens is 436 g/mol. The molecule has 35 heavy (non-hydrogen) atoms. The van der Waals surface area contributed by atoms with Gasteiger partial charge < -0.3 is 15.8 Å². The lowest BCUT2D eigenvalue weighted by Gasteiger charge is -2.24. The van der Waals surface area contributed by atoms with Crippen molar-refractivity contribution in [1.29, 1.82) is 0 Å². The Kier molecular flexibility index (Phi) is 7.57. The molecule has 0 saturated heterocycles. The third kappa shape index (κ3) is 5.99. The molecule has 1 unspecified atom stereocenters. The number of ether oxygens (including phenoxy) is 1. The van der Waals surface area contributed by atoms with Crippen molar-refractivity contribution in [3.63, 3.8) is 0 Å². The molecule has 1 aromatic heterocycles. The molecule has 2 saturated carbocycles. The predicted molar refractivity (Wildman–Crippen MR) is 137 cm³/mol. The second-order valence-corrected chi connectivity index (χ2v) is 10.1. The quantitative estimate of drug-likeness (QED) is 0.358. The molecule has 2 aliphatic rings. The molecule has 0 radical (unpaired) electrons. The van der Waals surface area contributed by atoms with E-state index in [-0.39, 0.29) is 11.8 Å². The minimum atomic E-state index is -0.440. The lowest BCUT2D eigenvalue weighted by atomic mass is 9.88. The zero-order valence-electron chi connectivity index (χ0n) is 20.5. The topological polar surface area (TPSA) is 81.1 Å². The Bertz CT molecular complexity index is 1140. The highest BCUT2D eigenvalue weighted by atomic mass is 16.5. The summed E-state index contributed by atoms with van der Waals surface area (Å²) in [6, 6.07) is 16.3. The maximum Gasteiger partial charge on any atom is 0.302 e. The number of fused-ring (bicyclic) bond motifs is 1. The summed E-state index contributed by atoms with van der Waals surface area (Å²) in [4.78, 5) is 17.8. The minimum Gasteiger partial charge on any atom is -0.457 e. The van der Waals surface area contributed by atoms with Crippen molar-refractivity contribution >= 4 is 16.8 Å². The smallest absolute Gasteiger partial charge is 0.302 e. The van der Waals surface area contributed by atoms with Gasteiger partial charge in [0.05, 0.1) is 18.0 Å². The van der Waals surface area contributed by atoms with Crippen LogP contribution in [0.3, 0.4) is 0 Å². The number of hydrogen-bond donors (Lipinski definition) is 2. The molecule has 3 N–H and O–H groups in total. The molecule has 5 rings (SSSR count). The van der Waals surface area contributed by atoms with Crippen LogP contribution in [0.25, 0.3) is 10.9 Å². The summed E-state index contributed by atoms with van der Waals surface area (Å²) in [6.45, 7) is 0. The molecule has 0 aliphatic heterocycles. The van der Waals surface area contributed by atoms with E-state index in [9.17, 15) is 4.79 Å². The van der Waals surface area contributed by atoms with E-state index >= 15 is 0 Å². The number of para-hydroxylation sites is 1. The van der Waals surface area contributed by atoms with Crippen molar-refractivity contribution in [2.75, 3.05) is 0 Å². The first kappa shape index (κ1) is 23.7. The van der Waals surface area contributed by atoms with Crippen molar-refractivity contribution in [2.45, 2.75) is 82.8 Å². The second kappa shape index (κ2) is 11.2. The molecule has 1 heterocycles. The molecule has 2 aromatic carbocycles. The average molecular weight is 474 g/mol. The monoisotopic (exact) mass is 473 g/mol. The lowest BCUT2D eigenvalue weighted by molar-refractivity contribution is -0.734. The van der Waals surface area contributed by atoms with E-state index in [2.05, 4.69) is 22.1 Å². The summed E-state index contributed by atoms with van der Waals surface area (Å²) in [5.74, 6) is 2.76. The zero-order valence-corrected chi connectivity index (χ0v) is 20.5. The summed E-state index contributed by atoms with van der Waals surface area (Å²) in [7, 11) is 0. The normalized spacial score (nSPS) is 18.3. The van der Waals surface area contributed by atoms with Gasteiger partial charge in [-0.15, -0.1) is 0 Å². The first-order valence-electron chi connectivity index (χ1n) is 13.3. The van der Waals surface area contributed by atoms with Gasteiger partial charge in [0.25, 0.3) is 0 Å². The van der Waals surface area contributed by atoms with Crippen molar-refractivity contribution in [1.82, 2.24) is 10.3 Å². The summed E-state index contributed by atoms with van der Waals surface area (Å²) in [6.07, 6.45) is 13.8. The lowest BCUT2D eigenvalue weighted by Crippen LogP contribution is -2.51. The number of nitrogens with one attached hydrogen (secondary N) is 1. The fourth-order valence-corrected chi connectivity index (χ4v) is 5.59. The van der Waals surface area contributed by atoms with Gasteiger partial charge in [0.2, 0.25) is 5.91 Å². The molecule has 2 fully saturated rings. The molecule has 3 aromatic rings. The number of carbonyl (C=O) groups is 1. The van der Waals surface area contributed by atoms with Crippen LogP contribution in [0.4, 0.5) is 0 Å². The maximum atomic E-state index is 12.8. The summed E-state index contributed by atoms with van der Waals surface area (Å²) >= 11 is 0. The number of hydrogen-bond acceptors (Lipinski definition) is 4. The zero-order chi connectivity index (χ0) is 24.0. The Labute approximate surface area is 207 Å². The molecular formula is C29H37N4O2+. The van der Waals surface area contributed by atoms with E-state index in [4.69, 9.17) is 15.5 Å². The van der Waals surface area contributed by atoms with Crippen LogP contribution in [-0.4, -0.2) is 17.1 Å². The van der Waals surface area contributed by atoms with Gasteiger partial charge in [0.1, 0.15) is 23.7 Å². The van der Waals surface area contributed by atoms with E-state index in [1.165, 1.54) is 25.7 Å². The molecule has 0 spiro atoms. The number of aromatic nitrogens is 2. The maximum absolute atomic E-state index is 12.8. The van der Waals surface area contributed by atoms with Crippen LogP contribution in [0.5, 0.6) is 11.5 Å². The minimum absolute atomic E-state index is 0.102. The highest BCUT2D eigenvalue weighted by Crippen LogP contribution is 2.28. The van der Waals surface area contributed by atoms with E-state index < -0.39 is 6.17 Å². The summed E-state index contributed by atoms with van der Waals surface area (Å²) in [5.41, 5.74) is 7.38. The molecule has 0 bridgehead atoms. The van der Waals surface area contributed by atoms with Crippen LogP contribution in [0, 0.1) is 5.92 Å². The Balaban J connectivity index is 1.39. The van der Waals surface area contributed by atoms with Crippen molar-refractivity contribution in [2.24, 2.45) is 11.7 Å². The van der Waals surface area contributed by atoms with Crippen LogP contribution in [0.2, 0.25) is 0 Å². The summed E-state index contributed by atoms with van der Waals surface area (Å²) < 4.78 is 8.38. The summed E-state index contributed by atoms with van der Waals surface area (Å²) in [5, 5.41) is 4.13. The van der Waals surface area contributed by atoms with Crippen LogP contribution in [-0.2, 0) is 11.2 Å². The highest BCUT2D eigenvalue weighted by Gasteiger charge is 2.28. The van der Waals surface area contributed by atoms with Crippen LogP contribution in [0.1, 0.15) is 76.1 Å². The van der Waals surface area contributed by atoms with E-state index in [0.29, 0.717) is 12.5 Å². The van der Waals surface area contributed by atoms with Gasteiger partial charge in [-0.3, -0.25) is 4.79 Å². The number of benzene rings is 2. The molecule has 6 heteroatoms. The number of carbonyl (C=O) groups excluding carboxylic acids is 1. The first-order valence-corrected chi connectivity index (χ1v) is 13.3. The van der Waals surface area contributed by atoms with Crippen LogP contribution >= 0.6 is 0 Å². The van der Waals surface area contributed by atoms with Crippen LogP contribution < -0.4 is 20.4 Å². The van der Waals surface area contributed by atoms with Crippen molar-refractivity contribution in [3.8, 4) is 11.5 Å². The van der Waals surface area contributed by atoms with Crippen LogP contribution in [0.15, 0.2) is 54.7 Å². The molecule has 184 valence electrons. The van der Waals surface area contributed by atoms with Gasteiger partial charge in [0, 0.05) is 5.92 Å². The van der Waals surface area contributed by atoms with Gasteiger partial charge >= 0.3 is 5.82 Å². The van der Waals surface area contributed by atoms with Crippen molar-refractivity contribution < 1.29 is 14.1 Å². The Morgan fingerprint density at radius 3 is 2.43 bits per heavy atom. The van der Waals surface area contributed by atoms with Crippen molar-refractivity contribution in [3.05, 3.63) is 60.6 Å². The average Bonchev–Trinajstić information content (AvgIpc) is 2.90. The largest absolute Gasteiger partial charge is 0.457 e. The highest BCUT2D eigenvalue weighted by molar-refractivity contribution is 5.79. The standard InChI is InChI=1S/C29H36N4O2/c30-27(32-29(34)21-10-4-1-5-11-21)19-28-31-26-17-16-25(35-24-14-8-3-9-15-24)18-22(26)20-33(28)23-12-6-2-7-13-23/h3,8-9,14-18,20-21,23,27H,1-2,4-7,10-13,19,30H2/p+1. The number of nitrogens with zero attached hydrogens (tertiary/aromatic N) is 2. The number of rotatable bonds is 7. The Morgan fingerprint density at radius 2 is 1.69 bits per heavy atom. The van der Waals surface area contributed by atoms with E-state index in [1.54, 1.807) is 0 Å². The molecule has 2 aliphatic carbocycles. The van der Waals surface area contributed by atoms with Gasteiger partial charge in [-0.1, -0.05) is 43.9 Å². The fraction of sp³-hybridized carbons (Fsp3) is 0.483. The number of nitrogens with two attached hydrogens (primary N) is 1. The second-order valence-electron chi connectivity index (χ2n) is 10.1. The van der Waals surface area contributed by atoms with Gasteiger partial charge in [0.15, 0.2) is 5.52 Å². The Morgan fingerprint density at radius 1 is 0.971 bits per heavy atom. The van der Waals surface area contributed by atoms with E-state index in [1.807, 2.05) is 42.5 Å². The third-order valence-corrected chi connectivity index (χ3v) is 7.48. The predicted octanol–water partition coefficient (Wildman–Crippen LogP) is 5.34. The number of amides is 1. The molecule has 1 amide bonds. The molecule has 1 atom stereocenters. The fourth-order valence-electron chi connectivity index (χ4n) is 5.59. The SMILES string of the molecule is NC(Cc1nc2ccc(Oc3ccccc3)cc2c[n+]1C1CCCCC1)NC(=O)C1CCCCC1. The van der Waals surface area contributed by atoms with Gasteiger partial charge in [-0.2, -0.15) is 0 Å². The Hall–Kier alpha value is -2.99. The van der Waals surface area contributed by atoms with Gasteiger partial charge in [-0.25, -0.2) is 4.57 Å². The third-order valence-electron chi connectivity index (χ3n) is 7.48. The molecule has 6 nitrogen and oxygen atoms in total. The van der Waals surface area contributed by atoms with E-state index in [0.717, 1.165) is 66.8 Å². The van der Waals surface area contributed by atoms with Gasteiger partial charge in [-0.05, 0) is 73.8 Å².